The molecular formula is C17H19F3N4O. The first-order chi connectivity index (χ1) is 11.9. The molecule has 1 fully saturated rings. The van der Waals surface area contributed by atoms with Crippen LogP contribution in [-0.4, -0.2) is 46.8 Å². The molecule has 0 saturated carbocycles. The molecule has 2 heterocycles. The van der Waals surface area contributed by atoms with Gasteiger partial charge in [0, 0.05) is 18.7 Å². The lowest BCUT2D eigenvalue weighted by atomic mass is 10.0. The van der Waals surface area contributed by atoms with E-state index in [1.807, 2.05) is 0 Å². The number of carbonyl (C=O) groups excluding carboxylic acids is 1. The van der Waals surface area contributed by atoms with Gasteiger partial charge in [0.05, 0.1) is 11.9 Å². The molecule has 1 aromatic carbocycles. The summed E-state index contributed by atoms with van der Waals surface area (Å²) in [5.41, 5.74) is -0.312. The van der Waals surface area contributed by atoms with Crippen molar-refractivity contribution in [1.82, 2.24) is 20.0 Å². The highest BCUT2D eigenvalue weighted by Gasteiger charge is 2.35. The Labute approximate surface area is 143 Å². The van der Waals surface area contributed by atoms with E-state index in [0.717, 1.165) is 42.9 Å². The molecule has 8 heteroatoms. The molecule has 25 heavy (non-hydrogen) atoms. The number of hydrogen-bond acceptors (Lipinski definition) is 3. The van der Waals surface area contributed by atoms with Gasteiger partial charge in [0.25, 0.3) is 5.91 Å². The number of piperidine rings is 1. The largest absolute Gasteiger partial charge is 0.433 e. The zero-order valence-electron chi connectivity index (χ0n) is 13.8. The number of aromatic nitrogens is 2. The van der Waals surface area contributed by atoms with Gasteiger partial charge in [-0.05, 0) is 50.2 Å². The van der Waals surface area contributed by atoms with Crippen LogP contribution in [0.15, 0.2) is 36.5 Å². The maximum Gasteiger partial charge on any atom is 0.433 e. The Kier molecular flexibility index (Phi) is 4.80. The summed E-state index contributed by atoms with van der Waals surface area (Å²) in [5, 5.41) is 6.99. The number of carbonyl (C=O) groups is 1. The summed E-state index contributed by atoms with van der Waals surface area (Å²) in [5.74, 6) is -0.200. The monoisotopic (exact) mass is 352 g/mol. The molecule has 134 valence electrons. The smallest absolute Gasteiger partial charge is 0.339 e. The molecule has 0 spiro atoms. The van der Waals surface area contributed by atoms with Crippen LogP contribution >= 0.6 is 0 Å². The van der Waals surface area contributed by atoms with Crippen molar-refractivity contribution in [3.05, 3.63) is 47.8 Å². The van der Waals surface area contributed by atoms with E-state index in [9.17, 15) is 18.0 Å². The molecule has 1 N–H and O–H groups in total. The predicted octanol–water partition coefficient (Wildman–Crippen LogP) is 2.72. The molecule has 1 amide bonds. The Bertz CT molecular complexity index is 750. The third-order valence-electron chi connectivity index (χ3n) is 4.45. The molecule has 5 nitrogen and oxygen atoms in total. The van der Waals surface area contributed by atoms with Gasteiger partial charge in [0.1, 0.15) is 5.69 Å². The number of amides is 1. The van der Waals surface area contributed by atoms with Crippen molar-refractivity contribution >= 4 is 5.91 Å². The van der Waals surface area contributed by atoms with Crippen LogP contribution in [0.5, 0.6) is 0 Å². The summed E-state index contributed by atoms with van der Waals surface area (Å²) >= 11 is 0. The molecule has 0 radical (unpaired) electrons. The lowest BCUT2D eigenvalue weighted by Crippen LogP contribution is -2.43. The van der Waals surface area contributed by atoms with E-state index >= 15 is 0 Å². The first kappa shape index (κ1) is 17.5. The number of hydrogen-bond donors (Lipinski definition) is 1. The number of nitrogens with one attached hydrogen (secondary N) is 1. The molecule has 3 rings (SSSR count). The van der Waals surface area contributed by atoms with Crippen molar-refractivity contribution in [1.29, 1.82) is 0 Å². The first-order valence-corrected chi connectivity index (χ1v) is 8.07. The zero-order valence-corrected chi connectivity index (χ0v) is 13.8. The molecule has 1 aromatic heterocycles. The van der Waals surface area contributed by atoms with Gasteiger partial charge in [-0.3, -0.25) is 4.79 Å². The molecule has 0 bridgehead atoms. The molecule has 0 atom stereocenters. The second-order valence-corrected chi connectivity index (χ2v) is 6.07. The number of benzene rings is 1. The number of nitrogens with zero attached hydrogens (tertiary/aromatic N) is 3. The minimum Gasteiger partial charge on any atom is -0.339 e. The molecule has 0 unspecified atom stereocenters. The average molecular weight is 352 g/mol. The van der Waals surface area contributed by atoms with Gasteiger partial charge in [-0.1, -0.05) is 6.07 Å². The number of halogens is 3. The van der Waals surface area contributed by atoms with Gasteiger partial charge < -0.3 is 10.2 Å². The van der Waals surface area contributed by atoms with Crippen molar-refractivity contribution in [3.8, 4) is 5.69 Å². The zero-order chi connectivity index (χ0) is 18.0. The van der Waals surface area contributed by atoms with E-state index < -0.39 is 11.9 Å². The van der Waals surface area contributed by atoms with Gasteiger partial charge in [-0.15, -0.1) is 0 Å². The number of alkyl halides is 3. The molecule has 1 aliphatic rings. The van der Waals surface area contributed by atoms with Crippen molar-refractivity contribution in [2.75, 3.05) is 20.1 Å². The molecule has 0 aliphatic carbocycles. The maximum absolute atomic E-state index is 13.1. The van der Waals surface area contributed by atoms with Gasteiger partial charge in [0.2, 0.25) is 0 Å². The molecule has 1 saturated heterocycles. The van der Waals surface area contributed by atoms with E-state index in [1.54, 1.807) is 24.1 Å². The van der Waals surface area contributed by atoms with E-state index in [4.69, 9.17) is 0 Å². The highest BCUT2D eigenvalue weighted by molar-refractivity contribution is 5.94. The van der Waals surface area contributed by atoms with Crippen LogP contribution in [0.1, 0.15) is 28.9 Å². The predicted molar refractivity (Wildman–Crippen MR) is 86.6 cm³/mol. The topological polar surface area (TPSA) is 50.2 Å². The normalized spacial score (nSPS) is 16.0. The average Bonchev–Trinajstić information content (AvgIpc) is 3.11. The van der Waals surface area contributed by atoms with Crippen LogP contribution in [0, 0.1) is 0 Å². The Morgan fingerprint density at radius 2 is 2.00 bits per heavy atom. The Balaban J connectivity index is 1.87. The third kappa shape index (κ3) is 3.68. The van der Waals surface area contributed by atoms with Crippen LogP contribution in [0.2, 0.25) is 0 Å². The second-order valence-electron chi connectivity index (χ2n) is 6.07. The van der Waals surface area contributed by atoms with Crippen molar-refractivity contribution in [2.24, 2.45) is 0 Å². The minimum absolute atomic E-state index is 0.132. The lowest BCUT2D eigenvalue weighted by molar-refractivity contribution is -0.142. The molecule has 1 aliphatic heterocycles. The fraction of sp³-hybridized carbons (Fsp3) is 0.412. The van der Waals surface area contributed by atoms with Crippen molar-refractivity contribution in [2.45, 2.75) is 25.1 Å². The molecular weight excluding hydrogens is 333 g/mol. The van der Waals surface area contributed by atoms with Gasteiger partial charge >= 0.3 is 6.18 Å². The fourth-order valence-electron chi connectivity index (χ4n) is 3.06. The molecule has 2 aromatic rings. The lowest BCUT2D eigenvalue weighted by Gasteiger charge is -2.31. The second kappa shape index (κ2) is 6.87. The van der Waals surface area contributed by atoms with E-state index in [2.05, 4.69) is 10.4 Å². The highest BCUT2D eigenvalue weighted by atomic mass is 19.4. The van der Waals surface area contributed by atoms with Crippen LogP contribution in [0.3, 0.4) is 0 Å². The fourth-order valence-corrected chi connectivity index (χ4v) is 3.06. The van der Waals surface area contributed by atoms with Gasteiger partial charge in [-0.2, -0.15) is 18.3 Å². The van der Waals surface area contributed by atoms with Crippen LogP contribution in [0.25, 0.3) is 5.69 Å². The van der Waals surface area contributed by atoms with Crippen LogP contribution < -0.4 is 5.32 Å². The SMILES string of the molecule is CN(C(=O)c1cccc(-n2nccc2C(F)(F)F)c1)C1CCNCC1. The minimum atomic E-state index is -4.51. The van der Waals surface area contributed by atoms with E-state index in [-0.39, 0.29) is 17.6 Å². The third-order valence-corrected chi connectivity index (χ3v) is 4.45. The Morgan fingerprint density at radius 3 is 2.68 bits per heavy atom. The summed E-state index contributed by atoms with van der Waals surface area (Å²) < 4.78 is 40.0. The Morgan fingerprint density at radius 1 is 1.28 bits per heavy atom. The van der Waals surface area contributed by atoms with Gasteiger partial charge in [0.15, 0.2) is 0 Å². The first-order valence-electron chi connectivity index (χ1n) is 8.07. The summed E-state index contributed by atoms with van der Waals surface area (Å²) in [6.45, 7) is 1.70. The van der Waals surface area contributed by atoms with Gasteiger partial charge in [-0.25, -0.2) is 4.68 Å². The highest BCUT2D eigenvalue weighted by Crippen LogP contribution is 2.30. The number of rotatable bonds is 3. The van der Waals surface area contributed by atoms with Crippen molar-refractivity contribution in [3.63, 3.8) is 0 Å². The van der Waals surface area contributed by atoms with E-state index in [0.29, 0.717) is 5.56 Å². The summed E-state index contributed by atoms with van der Waals surface area (Å²) in [7, 11) is 1.74. The standard InChI is InChI=1S/C17H19F3N4O/c1-23(13-5-8-21-9-6-13)16(25)12-3-2-4-14(11-12)24-15(7-10-22-24)17(18,19)20/h2-4,7,10-11,13,21H,5-6,8-9H2,1H3. The maximum atomic E-state index is 13.1. The summed E-state index contributed by atoms with van der Waals surface area (Å²) in [6, 6.07) is 7.18. The van der Waals surface area contributed by atoms with Crippen molar-refractivity contribution < 1.29 is 18.0 Å². The van der Waals surface area contributed by atoms with Crippen LogP contribution in [0.4, 0.5) is 13.2 Å². The van der Waals surface area contributed by atoms with Crippen LogP contribution in [-0.2, 0) is 6.18 Å². The quantitative estimate of drug-likeness (QED) is 0.924. The summed E-state index contributed by atoms with van der Waals surface area (Å²) in [4.78, 5) is 14.4. The van der Waals surface area contributed by atoms with E-state index in [1.165, 1.54) is 12.1 Å². The Hall–Kier alpha value is -2.35. The summed E-state index contributed by atoms with van der Waals surface area (Å²) in [6.07, 6.45) is -1.69.